The Balaban J connectivity index is 2.13. The lowest BCUT2D eigenvalue weighted by Crippen LogP contribution is -2.12. The molecular formula is C13H11BrN2OS. The highest BCUT2D eigenvalue weighted by Gasteiger charge is 2.07. The van der Waals surface area contributed by atoms with Gasteiger partial charge >= 0.3 is 0 Å². The van der Waals surface area contributed by atoms with Crippen LogP contribution in [0.25, 0.3) is 0 Å². The van der Waals surface area contributed by atoms with Gasteiger partial charge in [-0.15, -0.1) is 0 Å². The van der Waals surface area contributed by atoms with Crippen LogP contribution < -0.4 is 10.5 Å². The van der Waals surface area contributed by atoms with E-state index < -0.39 is 0 Å². The molecule has 0 radical (unpaired) electrons. The van der Waals surface area contributed by atoms with Crippen LogP contribution in [-0.4, -0.2) is 9.97 Å². The van der Waals surface area contributed by atoms with Gasteiger partial charge in [0.05, 0.1) is 5.56 Å². The van der Waals surface area contributed by atoms with Gasteiger partial charge in [-0.1, -0.05) is 40.3 Å². The van der Waals surface area contributed by atoms with Crippen LogP contribution >= 0.6 is 28.1 Å². The number of nitrogens with zero attached hydrogens (tertiary/aromatic N) is 1. The Morgan fingerprint density at radius 3 is 2.89 bits per heavy atom. The molecule has 2 aromatic rings. The van der Waals surface area contributed by atoms with Gasteiger partial charge in [-0.2, -0.15) is 0 Å². The summed E-state index contributed by atoms with van der Waals surface area (Å²) in [4.78, 5) is 4.42. The van der Waals surface area contributed by atoms with Gasteiger partial charge < -0.3 is 10.5 Å². The summed E-state index contributed by atoms with van der Waals surface area (Å²) in [7, 11) is 0. The number of rotatable bonds is 4. The average molecular weight is 323 g/mol. The quantitative estimate of drug-likeness (QED) is 0.879. The summed E-state index contributed by atoms with van der Waals surface area (Å²) in [5.74, 6) is 0.463. The lowest BCUT2D eigenvalue weighted by molar-refractivity contribution is 0.293. The van der Waals surface area contributed by atoms with Crippen LogP contribution in [0.1, 0.15) is 11.1 Å². The smallest absolute Gasteiger partial charge is 0.224 e. The standard InChI is InChI=1S/C13H11BrN2OS/c14-10-4-1-3-9(7-10)8-17-13-11(12(15)18)5-2-6-16-13/h1-7H,8H2,(H2,15,18). The van der Waals surface area contributed by atoms with Crippen molar-refractivity contribution in [3.8, 4) is 5.88 Å². The maximum atomic E-state index is 5.64. The van der Waals surface area contributed by atoms with E-state index in [2.05, 4.69) is 20.9 Å². The molecule has 0 aliphatic rings. The van der Waals surface area contributed by atoms with Crippen LogP contribution in [0.4, 0.5) is 0 Å². The normalized spacial score (nSPS) is 10.1. The molecule has 3 nitrogen and oxygen atoms in total. The molecule has 1 aromatic heterocycles. The molecule has 0 bridgehead atoms. The van der Waals surface area contributed by atoms with E-state index in [1.165, 1.54) is 0 Å². The first-order chi connectivity index (χ1) is 8.66. The van der Waals surface area contributed by atoms with Crippen molar-refractivity contribution >= 4 is 33.1 Å². The highest BCUT2D eigenvalue weighted by atomic mass is 79.9. The molecular weight excluding hydrogens is 312 g/mol. The van der Waals surface area contributed by atoms with Crippen LogP contribution in [0.15, 0.2) is 47.1 Å². The van der Waals surface area contributed by atoms with Crippen molar-refractivity contribution in [2.24, 2.45) is 5.73 Å². The molecule has 0 atom stereocenters. The number of halogens is 1. The van der Waals surface area contributed by atoms with E-state index >= 15 is 0 Å². The molecule has 0 aliphatic heterocycles. The predicted molar refractivity (Wildman–Crippen MR) is 78.6 cm³/mol. The maximum absolute atomic E-state index is 5.64. The molecule has 2 rings (SSSR count). The third-order valence-electron chi connectivity index (χ3n) is 2.30. The van der Waals surface area contributed by atoms with E-state index in [1.54, 1.807) is 18.3 Å². The zero-order valence-electron chi connectivity index (χ0n) is 9.47. The number of nitrogens with two attached hydrogens (primary N) is 1. The second kappa shape index (κ2) is 5.93. The van der Waals surface area contributed by atoms with Crippen LogP contribution in [0.5, 0.6) is 5.88 Å². The largest absolute Gasteiger partial charge is 0.472 e. The third-order valence-corrected chi connectivity index (χ3v) is 3.01. The van der Waals surface area contributed by atoms with Crippen molar-refractivity contribution in [2.45, 2.75) is 6.61 Å². The number of ether oxygens (including phenoxy) is 1. The number of hydrogen-bond donors (Lipinski definition) is 1. The van der Waals surface area contributed by atoms with Crippen molar-refractivity contribution < 1.29 is 4.74 Å². The zero-order valence-corrected chi connectivity index (χ0v) is 11.9. The Morgan fingerprint density at radius 1 is 1.33 bits per heavy atom. The fourth-order valence-corrected chi connectivity index (χ4v) is 2.07. The van der Waals surface area contributed by atoms with Crippen LogP contribution in [-0.2, 0) is 6.61 Å². The minimum atomic E-state index is 0.285. The Morgan fingerprint density at radius 2 is 2.17 bits per heavy atom. The molecule has 2 N–H and O–H groups in total. The summed E-state index contributed by atoms with van der Waals surface area (Å²) in [5, 5.41) is 0. The lowest BCUT2D eigenvalue weighted by atomic mass is 10.2. The van der Waals surface area contributed by atoms with Gasteiger partial charge in [0.25, 0.3) is 0 Å². The lowest BCUT2D eigenvalue weighted by Gasteiger charge is -2.09. The number of thiocarbonyl (C=S) groups is 1. The molecule has 0 amide bonds. The number of pyridine rings is 1. The minimum Gasteiger partial charge on any atom is -0.472 e. The molecule has 0 aliphatic carbocycles. The molecule has 0 saturated carbocycles. The Labute approximate surface area is 119 Å². The van der Waals surface area contributed by atoms with E-state index in [0.29, 0.717) is 18.1 Å². The first kappa shape index (κ1) is 13.0. The highest BCUT2D eigenvalue weighted by Crippen LogP contribution is 2.17. The molecule has 1 heterocycles. The third kappa shape index (κ3) is 3.27. The Bertz CT molecular complexity index is 574. The molecule has 0 saturated heterocycles. The van der Waals surface area contributed by atoms with E-state index in [0.717, 1.165) is 10.0 Å². The second-order valence-electron chi connectivity index (χ2n) is 3.64. The van der Waals surface area contributed by atoms with E-state index in [4.69, 9.17) is 22.7 Å². The van der Waals surface area contributed by atoms with Crippen molar-refractivity contribution in [3.05, 3.63) is 58.2 Å². The maximum Gasteiger partial charge on any atom is 0.224 e. The number of aromatic nitrogens is 1. The van der Waals surface area contributed by atoms with Gasteiger partial charge in [0.2, 0.25) is 5.88 Å². The van der Waals surface area contributed by atoms with Crippen LogP contribution in [0, 0.1) is 0 Å². The zero-order chi connectivity index (χ0) is 13.0. The predicted octanol–water partition coefficient (Wildman–Crippen LogP) is 3.06. The van der Waals surface area contributed by atoms with E-state index in [9.17, 15) is 0 Å². The van der Waals surface area contributed by atoms with Crippen molar-refractivity contribution in [3.63, 3.8) is 0 Å². The molecule has 92 valence electrons. The minimum absolute atomic E-state index is 0.285. The van der Waals surface area contributed by atoms with Gasteiger partial charge in [0.1, 0.15) is 11.6 Å². The summed E-state index contributed by atoms with van der Waals surface area (Å²) >= 11 is 8.37. The number of hydrogen-bond acceptors (Lipinski definition) is 3. The van der Waals surface area contributed by atoms with Crippen LogP contribution in [0.2, 0.25) is 0 Å². The van der Waals surface area contributed by atoms with Crippen LogP contribution in [0.3, 0.4) is 0 Å². The monoisotopic (exact) mass is 322 g/mol. The van der Waals surface area contributed by atoms with Crippen molar-refractivity contribution in [1.82, 2.24) is 4.98 Å². The molecule has 1 aromatic carbocycles. The topological polar surface area (TPSA) is 48.1 Å². The van der Waals surface area contributed by atoms with Gasteiger partial charge in [-0.3, -0.25) is 0 Å². The van der Waals surface area contributed by atoms with Gasteiger partial charge in [-0.05, 0) is 29.8 Å². The molecule has 0 fully saturated rings. The Hall–Kier alpha value is -1.46. The SMILES string of the molecule is NC(=S)c1cccnc1OCc1cccc(Br)c1. The van der Waals surface area contributed by atoms with Crippen molar-refractivity contribution in [2.75, 3.05) is 0 Å². The first-order valence-electron chi connectivity index (χ1n) is 5.29. The average Bonchev–Trinajstić information content (AvgIpc) is 2.37. The fraction of sp³-hybridized carbons (Fsp3) is 0.0769. The molecule has 18 heavy (non-hydrogen) atoms. The summed E-state index contributed by atoms with van der Waals surface area (Å²) in [5.41, 5.74) is 7.31. The van der Waals surface area contributed by atoms with Gasteiger partial charge in [0, 0.05) is 10.7 Å². The first-order valence-corrected chi connectivity index (χ1v) is 6.49. The summed E-state index contributed by atoms with van der Waals surface area (Å²) in [6.07, 6.45) is 1.65. The summed E-state index contributed by atoms with van der Waals surface area (Å²) in [6, 6.07) is 11.5. The molecule has 0 spiro atoms. The fourth-order valence-electron chi connectivity index (χ4n) is 1.47. The van der Waals surface area contributed by atoms with Gasteiger partial charge in [0.15, 0.2) is 0 Å². The van der Waals surface area contributed by atoms with Crippen molar-refractivity contribution in [1.29, 1.82) is 0 Å². The van der Waals surface area contributed by atoms with E-state index in [1.807, 2.05) is 24.3 Å². The molecule has 5 heteroatoms. The molecule has 0 unspecified atom stereocenters. The summed E-state index contributed by atoms with van der Waals surface area (Å²) in [6.45, 7) is 0.423. The Kier molecular flexibility index (Phi) is 4.28. The highest BCUT2D eigenvalue weighted by molar-refractivity contribution is 9.10. The summed E-state index contributed by atoms with van der Waals surface area (Å²) < 4.78 is 6.65. The number of benzene rings is 1. The second-order valence-corrected chi connectivity index (χ2v) is 4.99. The van der Waals surface area contributed by atoms with Gasteiger partial charge in [-0.25, -0.2) is 4.98 Å². The van der Waals surface area contributed by atoms with E-state index in [-0.39, 0.29) is 4.99 Å².